The molecular weight excluding hydrogens is 262 g/mol. The van der Waals surface area contributed by atoms with Crippen LogP contribution in [0.25, 0.3) is 11.0 Å². The third kappa shape index (κ3) is 2.70. The maximum absolute atomic E-state index is 6.04. The van der Waals surface area contributed by atoms with Gasteiger partial charge in [0.25, 0.3) is 0 Å². The lowest BCUT2D eigenvalue weighted by molar-refractivity contribution is -0.0116. The standard InChI is InChI=1S/C17H25N3O/c1-4-18-15(17(2)10-7-11-21-17)12-16-19-13-8-5-6-9-14(13)20(16)3/h5-6,8-9,15,18H,4,7,10-12H2,1-3H3. The zero-order valence-electron chi connectivity index (χ0n) is 13.2. The van der Waals surface area contributed by atoms with Crippen molar-refractivity contribution in [2.24, 2.45) is 7.05 Å². The molecule has 21 heavy (non-hydrogen) atoms. The summed E-state index contributed by atoms with van der Waals surface area (Å²) in [6.07, 6.45) is 3.17. The summed E-state index contributed by atoms with van der Waals surface area (Å²) in [6.45, 7) is 6.21. The molecule has 1 N–H and O–H groups in total. The van der Waals surface area contributed by atoms with E-state index < -0.39 is 0 Å². The number of imidazole rings is 1. The molecule has 1 saturated heterocycles. The molecule has 4 heteroatoms. The summed E-state index contributed by atoms with van der Waals surface area (Å²) in [5, 5.41) is 3.61. The third-order valence-corrected chi connectivity index (χ3v) is 4.70. The minimum atomic E-state index is -0.0753. The van der Waals surface area contributed by atoms with Crippen LogP contribution in [0.2, 0.25) is 0 Å². The molecule has 0 saturated carbocycles. The molecule has 3 rings (SSSR count). The SMILES string of the molecule is CCNC(Cc1nc2ccccc2n1C)C1(C)CCCO1. The van der Waals surface area contributed by atoms with Crippen molar-refractivity contribution < 1.29 is 4.74 Å². The summed E-state index contributed by atoms with van der Waals surface area (Å²) in [7, 11) is 2.10. The zero-order chi connectivity index (χ0) is 14.9. The maximum Gasteiger partial charge on any atom is 0.111 e. The first-order chi connectivity index (χ1) is 10.1. The molecule has 1 aliphatic heterocycles. The van der Waals surface area contributed by atoms with Crippen LogP contribution in [0.5, 0.6) is 0 Å². The number of hydrogen-bond donors (Lipinski definition) is 1. The van der Waals surface area contributed by atoms with Gasteiger partial charge in [0, 0.05) is 26.1 Å². The van der Waals surface area contributed by atoms with E-state index in [-0.39, 0.29) is 5.60 Å². The van der Waals surface area contributed by atoms with Crippen molar-refractivity contribution in [3.63, 3.8) is 0 Å². The highest BCUT2D eigenvalue weighted by molar-refractivity contribution is 5.75. The molecule has 1 fully saturated rings. The van der Waals surface area contributed by atoms with Gasteiger partial charge >= 0.3 is 0 Å². The summed E-state index contributed by atoms with van der Waals surface area (Å²) < 4.78 is 8.25. The molecule has 4 nitrogen and oxygen atoms in total. The van der Waals surface area contributed by atoms with Gasteiger partial charge in [0.1, 0.15) is 5.82 Å². The topological polar surface area (TPSA) is 39.1 Å². The Labute approximate surface area is 126 Å². The van der Waals surface area contributed by atoms with Crippen LogP contribution in [0.15, 0.2) is 24.3 Å². The summed E-state index contributed by atoms with van der Waals surface area (Å²) in [5.41, 5.74) is 2.19. The third-order valence-electron chi connectivity index (χ3n) is 4.70. The van der Waals surface area contributed by atoms with E-state index >= 15 is 0 Å². The highest BCUT2D eigenvalue weighted by atomic mass is 16.5. The number of ether oxygens (including phenoxy) is 1. The molecule has 1 aliphatic rings. The van der Waals surface area contributed by atoms with Gasteiger partial charge in [-0.2, -0.15) is 0 Å². The van der Waals surface area contributed by atoms with Crippen LogP contribution in [-0.2, 0) is 18.2 Å². The van der Waals surface area contributed by atoms with E-state index in [0.29, 0.717) is 6.04 Å². The molecule has 2 heterocycles. The Bertz CT molecular complexity index is 614. The lowest BCUT2D eigenvalue weighted by Gasteiger charge is -2.33. The van der Waals surface area contributed by atoms with Gasteiger partial charge in [-0.05, 0) is 38.4 Å². The summed E-state index contributed by atoms with van der Waals surface area (Å²) in [5.74, 6) is 1.12. The first-order valence-corrected chi connectivity index (χ1v) is 7.92. The molecule has 2 aromatic rings. The number of hydrogen-bond acceptors (Lipinski definition) is 3. The fourth-order valence-electron chi connectivity index (χ4n) is 3.39. The Morgan fingerprint density at radius 2 is 2.24 bits per heavy atom. The van der Waals surface area contributed by atoms with Crippen LogP contribution in [0.1, 0.15) is 32.5 Å². The fourth-order valence-corrected chi connectivity index (χ4v) is 3.39. The summed E-state index contributed by atoms with van der Waals surface area (Å²) in [6, 6.07) is 8.62. The number of nitrogens with one attached hydrogen (secondary N) is 1. The van der Waals surface area contributed by atoms with Crippen molar-refractivity contribution in [1.29, 1.82) is 0 Å². The van der Waals surface area contributed by atoms with Gasteiger partial charge in [0.2, 0.25) is 0 Å². The first-order valence-electron chi connectivity index (χ1n) is 7.92. The highest BCUT2D eigenvalue weighted by Crippen LogP contribution is 2.30. The Balaban J connectivity index is 1.89. The maximum atomic E-state index is 6.04. The second-order valence-corrected chi connectivity index (χ2v) is 6.15. The average Bonchev–Trinajstić information content (AvgIpc) is 3.05. The molecule has 114 valence electrons. The van der Waals surface area contributed by atoms with Gasteiger partial charge in [-0.25, -0.2) is 4.98 Å². The summed E-state index contributed by atoms with van der Waals surface area (Å²) >= 11 is 0. The van der Waals surface area contributed by atoms with Crippen molar-refractivity contribution in [3.8, 4) is 0 Å². The van der Waals surface area contributed by atoms with E-state index in [2.05, 4.69) is 49.0 Å². The molecule has 1 aromatic heterocycles. The molecule has 0 aliphatic carbocycles. The van der Waals surface area contributed by atoms with E-state index in [9.17, 15) is 0 Å². The molecule has 0 amide bonds. The predicted molar refractivity (Wildman–Crippen MR) is 85.5 cm³/mol. The van der Waals surface area contributed by atoms with Gasteiger partial charge in [-0.3, -0.25) is 0 Å². The molecule has 2 atom stereocenters. The molecule has 1 aromatic carbocycles. The summed E-state index contributed by atoms with van der Waals surface area (Å²) in [4.78, 5) is 4.80. The lowest BCUT2D eigenvalue weighted by Crippen LogP contribution is -2.50. The van der Waals surface area contributed by atoms with Crippen molar-refractivity contribution in [1.82, 2.24) is 14.9 Å². The molecule has 0 radical (unpaired) electrons. The van der Waals surface area contributed by atoms with E-state index in [0.717, 1.165) is 43.8 Å². The first kappa shape index (κ1) is 14.5. The largest absolute Gasteiger partial charge is 0.374 e. The van der Waals surface area contributed by atoms with Crippen molar-refractivity contribution in [2.45, 2.75) is 44.8 Å². The smallest absolute Gasteiger partial charge is 0.111 e. The van der Waals surface area contributed by atoms with Crippen LogP contribution < -0.4 is 5.32 Å². The number of aryl methyl sites for hydroxylation is 1. The van der Waals surface area contributed by atoms with Crippen LogP contribution in [0.3, 0.4) is 0 Å². The van der Waals surface area contributed by atoms with E-state index in [4.69, 9.17) is 9.72 Å². The van der Waals surface area contributed by atoms with E-state index in [1.165, 1.54) is 5.52 Å². The van der Waals surface area contributed by atoms with Crippen molar-refractivity contribution in [3.05, 3.63) is 30.1 Å². The van der Waals surface area contributed by atoms with E-state index in [1.54, 1.807) is 0 Å². The normalized spacial score (nSPS) is 23.8. The van der Waals surface area contributed by atoms with Crippen LogP contribution in [0, 0.1) is 0 Å². The quantitative estimate of drug-likeness (QED) is 0.919. The molecule has 2 unspecified atom stereocenters. The molecule has 0 bridgehead atoms. The van der Waals surface area contributed by atoms with Gasteiger partial charge < -0.3 is 14.6 Å². The minimum Gasteiger partial charge on any atom is -0.374 e. The zero-order valence-corrected chi connectivity index (χ0v) is 13.2. The molecule has 0 spiro atoms. The van der Waals surface area contributed by atoms with Crippen LogP contribution >= 0.6 is 0 Å². The second-order valence-electron chi connectivity index (χ2n) is 6.15. The Morgan fingerprint density at radius 3 is 2.90 bits per heavy atom. The van der Waals surface area contributed by atoms with Gasteiger partial charge in [0.05, 0.1) is 16.6 Å². The number of fused-ring (bicyclic) bond motifs is 1. The van der Waals surface area contributed by atoms with Crippen molar-refractivity contribution >= 4 is 11.0 Å². The highest BCUT2D eigenvalue weighted by Gasteiger charge is 2.38. The number of para-hydroxylation sites is 2. The number of likely N-dealkylation sites (N-methyl/N-ethyl adjacent to an activating group) is 1. The van der Waals surface area contributed by atoms with Crippen LogP contribution in [0.4, 0.5) is 0 Å². The number of nitrogens with zero attached hydrogens (tertiary/aromatic N) is 2. The fraction of sp³-hybridized carbons (Fsp3) is 0.588. The average molecular weight is 287 g/mol. The Kier molecular flexibility index (Phi) is 4.00. The van der Waals surface area contributed by atoms with Gasteiger partial charge in [-0.15, -0.1) is 0 Å². The number of benzene rings is 1. The van der Waals surface area contributed by atoms with Crippen LogP contribution in [-0.4, -0.2) is 34.3 Å². The number of aromatic nitrogens is 2. The lowest BCUT2D eigenvalue weighted by atomic mass is 9.90. The minimum absolute atomic E-state index is 0.0753. The predicted octanol–water partition coefficient (Wildman–Crippen LogP) is 2.66. The van der Waals surface area contributed by atoms with Crippen molar-refractivity contribution in [2.75, 3.05) is 13.2 Å². The second kappa shape index (κ2) is 5.78. The van der Waals surface area contributed by atoms with E-state index in [1.807, 2.05) is 6.07 Å². The Hall–Kier alpha value is -1.39. The molecular formula is C17H25N3O. The monoisotopic (exact) mass is 287 g/mol. The Morgan fingerprint density at radius 1 is 1.43 bits per heavy atom. The van der Waals surface area contributed by atoms with Gasteiger partial charge in [-0.1, -0.05) is 19.1 Å². The number of rotatable bonds is 5. The van der Waals surface area contributed by atoms with Gasteiger partial charge in [0.15, 0.2) is 0 Å².